The number of allylic oxidation sites excluding steroid dienone is 2. The highest BCUT2D eigenvalue weighted by molar-refractivity contribution is 8.04. The molecule has 0 saturated carbocycles. The molecule has 0 spiro atoms. The van der Waals surface area contributed by atoms with Crippen LogP contribution in [-0.4, -0.2) is 30.4 Å². The summed E-state index contributed by atoms with van der Waals surface area (Å²) in [5.74, 6) is 0.125. The number of hydrogen-bond donors (Lipinski definition) is 1. The van der Waals surface area contributed by atoms with E-state index in [4.69, 9.17) is 0 Å². The van der Waals surface area contributed by atoms with Gasteiger partial charge in [-0.1, -0.05) is 42.5 Å². The molecular formula is C31H34F6N2OS. The summed E-state index contributed by atoms with van der Waals surface area (Å²) in [6.45, 7) is 2.17. The van der Waals surface area contributed by atoms with Crippen molar-refractivity contribution in [1.29, 1.82) is 0 Å². The number of thioether (sulfide) groups is 1. The first-order valence-corrected chi connectivity index (χ1v) is 14.1. The molecule has 0 radical (unpaired) electrons. The Labute approximate surface area is 242 Å². The lowest BCUT2D eigenvalue weighted by atomic mass is 9.89. The molecule has 2 aromatic carbocycles. The molecule has 1 saturated heterocycles. The van der Waals surface area contributed by atoms with E-state index in [9.17, 15) is 31.1 Å². The maximum absolute atomic E-state index is 12.9. The number of hydrogen-bond acceptors (Lipinski definition) is 3. The lowest BCUT2D eigenvalue weighted by Gasteiger charge is -2.32. The topological polar surface area (TPSA) is 32.3 Å². The second-order valence-corrected chi connectivity index (χ2v) is 10.3. The van der Waals surface area contributed by atoms with E-state index in [0.29, 0.717) is 24.5 Å². The van der Waals surface area contributed by atoms with E-state index in [1.165, 1.54) is 5.56 Å². The molecule has 0 bridgehead atoms. The Morgan fingerprint density at radius 1 is 0.902 bits per heavy atom. The largest absolute Gasteiger partial charge is 0.416 e. The van der Waals surface area contributed by atoms with Crippen LogP contribution < -0.4 is 5.32 Å². The number of likely N-dealkylation sites (tertiary alicyclic amines) is 1. The highest BCUT2D eigenvalue weighted by Crippen LogP contribution is 2.36. The quantitative estimate of drug-likeness (QED) is 0.257. The number of carbonyl (C=O) groups is 1. The number of carbonyl (C=O) groups excluding carboxylic acids is 1. The highest BCUT2D eigenvalue weighted by atomic mass is 32.2. The number of nitrogens with one attached hydrogen (secondary N) is 1. The van der Waals surface area contributed by atoms with Gasteiger partial charge in [-0.3, -0.25) is 4.79 Å². The minimum Gasteiger partial charge on any atom is -0.352 e. The van der Waals surface area contributed by atoms with Gasteiger partial charge in [-0.25, -0.2) is 0 Å². The van der Waals surface area contributed by atoms with Gasteiger partial charge < -0.3 is 10.2 Å². The third-order valence-electron chi connectivity index (χ3n) is 6.50. The van der Waals surface area contributed by atoms with E-state index in [1.807, 2.05) is 18.2 Å². The fraction of sp³-hybridized carbons (Fsp3) is 0.387. The molecule has 0 aromatic heterocycles. The molecule has 2 heterocycles. The number of amides is 1. The third kappa shape index (κ3) is 12.5. The van der Waals surface area contributed by atoms with E-state index in [2.05, 4.69) is 58.2 Å². The van der Waals surface area contributed by atoms with Crippen molar-refractivity contribution in [2.24, 2.45) is 0 Å². The Kier molecular flexibility index (Phi) is 14.1. The number of halogens is 6. The number of alkyl halides is 6. The molecule has 2 aromatic rings. The molecule has 1 fully saturated rings. The zero-order valence-electron chi connectivity index (χ0n) is 22.6. The molecule has 41 heavy (non-hydrogen) atoms. The summed E-state index contributed by atoms with van der Waals surface area (Å²) in [6.07, 6.45) is 6.38. The molecule has 2 aliphatic heterocycles. The van der Waals surface area contributed by atoms with Gasteiger partial charge in [0.15, 0.2) is 0 Å². The van der Waals surface area contributed by atoms with Crippen LogP contribution in [0.4, 0.5) is 26.3 Å². The van der Waals surface area contributed by atoms with Gasteiger partial charge in [-0.15, -0.1) is 24.6 Å². The van der Waals surface area contributed by atoms with Crippen LogP contribution in [-0.2, 0) is 23.7 Å². The fourth-order valence-corrected chi connectivity index (χ4v) is 4.97. The zero-order chi connectivity index (χ0) is 30.3. The van der Waals surface area contributed by atoms with Crippen LogP contribution >= 0.6 is 11.8 Å². The van der Waals surface area contributed by atoms with Crippen molar-refractivity contribution in [2.75, 3.05) is 19.6 Å². The Bertz CT molecular complexity index is 1100. The summed E-state index contributed by atoms with van der Waals surface area (Å²) in [6, 6.07) is 11.7. The first-order valence-electron chi connectivity index (χ1n) is 13.1. The SMILES string of the molecule is C#C.C1=CSC=CC1.O=C(CCCN1CCC(c2ccccc2)CC1)NCc1cc(C(F)(F)F)cc(C(F)(F)F)c1. The van der Waals surface area contributed by atoms with Crippen molar-refractivity contribution >= 4 is 17.7 Å². The molecule has 1 N–H and O–H groups in total. The van der Waals surface area contributed by atoms with Crippen molar-refractivity contribution in [2.45, 2.75) is 56.9 Å². The summed E-state index contributed by atoms with van der Waals surface area (Å²) in [5.41, 5.74) is -1.69. The number of piperidine rings is 1. The van der Waals surface area contributed by atoms with Gasteiger partial charge >= 0.3 is 12.4 Å². The number of benzene rings is 2. The maximum Gasteiger partial charge on any atom is 0.416 e. The Balaban J connectivity index is 0.000000640. The molecule has 10 heteroatoms. The van der Waals surface area contributed by atoms with E-state index in [-0.39, 0.29) is 18.1 Å². The maximum atomic E-state index is 12.9. The summed E-state index contributed by atoms with van der Waals surface area (Å²) >= 11 is 1.73. The average molecular weight is 597 g/mol. The van der Waals surface area contributed by atoms with Crippen LogP contribution in [0.2, 0.25) is 0 Å². The van der Waals surface area contributed by atoms with E-state index in [0.717, 1.165) is 38.9 Å². The first kappa shape index (κ1) is 34.0. The van der Waals surface area contributed by atoms with Gasteiger partial charge in [0, 0.05) is 13.0 Å². The number of terminal acetylenes is 1. The molecule has 0 atom stereocenters. The van der Waals surface area contributed by atoms with E-state index in [1.54, 1.807) is 11.8 Å². The van der Waals surface area contributed by atoms with Crippen LogP contribution in [0.15, 0.2) is 71.5 Å². The second-order valence-electron chi connectivity index (χ2n) is 9.44. The third-order valence-corrected chi connectivity index (χ3v) is 7.19. The second kappa shape index (κ2) is 16.9. The molecule has 2 aliphatic rings. The van der Waals surface area contributed by atoms with Crippen LogP contribution in [0, 0.1) is 12.8 Å². The minimum atomic E-state index is -4.91. The number of rotatable bonds is 7. The van der Waals surface area contributed by atoms with E-state index >= 15 is 0 Å². The monoisotopic (exact) mass is 596 g/mol. The Hall–Kier alpha value is -3.16. The van der Waals surface area contributed by atoms with Crippen molar-refractivity contribution in [3.63, 3.8) is 0 Å². The predicted octanol–water partition coefficient (Wildman–Crippen LogP) is 8.40. The molecule has 222 valence electrons. The summed E-state index contributed by atoms with van der Waals surface area (Å²) in [7, 11) is 0. The average Bonchev–Trinajstić information content (AvgIpc) is 2.98. The molecule has 4 rings (SSSR count). The Morgan fingerprint density at radius 3 is 1.93 bits per heavy atom. The van der Waals surface area contributed by atoms with Gasteiger partial charge in [-0.2, -0.15) is 26.3 Å². The summed E-state index contributed by atoms with van der Waals surface area (Å²) < 4.78 is 77.6. The van der Waals surface area contributed by atoms with Crippen molar-refractivity contribution in [3.05, 3.63) is 93.8 Å². The molecular weight excluding hydrogens is 562 g/mol. The summed E-state index contributed by atoms with van der Waals surface area (Å²) in [5, 5.41) is 6.62. The molecule has 3 nitrogen and oxygen atoms in total. The van der Waals surface area contributed by atoms with Crippen LogP contribution in [0.1, 0.15) is 60.3 Å². The van der Waals surface area contributed by atoms with Crippen LogP contribution in [0.25, 0.3) is 0 Å². The van der Waals surface area contributed by atoms with Gasteiger partial charge in [0.2, 0.25) is 5.91 Å². The van der Waals surface area contributed by atoms with E-state index < -0.39 is 35.9 Å². The standard InChI is InChI=1S/C24H26F6N2O.C5H6S.C2H2/c25-23(26,27)20-13-17(14-21(15-20)24(28,29)30)16-31-22(33)7-4-10-32-11-8-19(9-12-32)18-5-2-1-3-6-18;1-2-4-6-5-3-1;1-2/h1-3,5-6,13-15,19H,4,7-12,16H2,(H,31,33);2-5H,1H2;1-2H. The number of nitrogens with zero attached hydrogens (tertiary/aromatic N) is 1. The van der Waals surface area contributed by atoms with Crippen molar-refractivity contribution < 1.29 is 31.1 Å². The fourth-order valence-electron chi connectivity index (χ4n) is 4.43. The normalized spacial score (nSPS) is 15.7. The molecule has 0 unspecified atom stereocenters. The van der Waals surface area contributed by atoms with Gasteiger partial charge in [-0.05, 0) is 91.4 Å². The van der Waals surface area contributed by atoms with Crippen LogP contribution in [0.3, 0.4) is 0 Å². The van der Waals surface area contributed by atoms with Crippen molar-refractivity contribution in [1.82, 2.24) is 10.2 Å². The minimum absolute atomic E-state index is 0.0757. The predicted molar refractivity (Wildman–Crippen MR) is 153 cm³/mol. The first-order chi connectivity index (χ1) is 19.5. The van der Waals surface area contributed by atoms with Gasteiger partial charge in [0.05, 0.1) is 11.1 Å². The lowest BCUT2D eigenvalue weighted by Crippen LogP contribution is -2.34. The zero-order valence-corrected chi connectivity index (χ0v) is 23.4. The Morgan fingerprint density at radius 2 is 1.46 bits per heavy atom. The lowest BCUT2D eigenvalue weighted by molar-refractivity contribution is -0.143. The van der Waals surface area contributed by atoms with Crippen LogP contribution in [0.5, 0.6) is 0 Å². The molecule has 1 amide bonds. The van der Waals surface area contributed by atoms with Crippen molar-refractivity contribution in [3.8, 4) is 12.8 Å². The summed E-state index contributed by atoms with van der Waals surface area (Å²) in [4.78, 5) is 14.4. The molecule has 0 aliphatic carbocycles. The van der Waals surface area contributed by atoms with Gasteiger partial charge in [0.25, 0.3) is 0 Å². The highest BCUT2D eigenvalue weighted by Gasteiger charge is 2.36. The van der Waals surface area contributed by atoms with Gasteiger partial charge in [0.1, 0.15) is 0 Å². The smallest absolute Gasteiger partial charge is 0.352 e.